The summed E-state index contributed by atoms with van der Waals surface area (Å²) in [4.78, 5) is 0. The molecule has 0 aromatic heterocycles. The number of nitrogens with one attached hydrogen (secondary N) is 1. The topological polar surface area (TPSA) is 93.3 Å². The predicted molar refractivity (Wildman–Crippen MR) is 255 cm³/mol. The van der Waals surface area contributed by atoms with Gasteiger partial charge in [-0.3, -0.25) is 0 Å². The fraction of sp³-hybridized carbons (Fsp3) is 0.0339. The van der Waals surface area contributed by atoms with Crippen molar-refractivity contribution in [2.24, 2.45) is 0 Å². The van der Waals surface area contributed by atoms with Gasteiger partial charge in [-0.2, -0.15) is 15.8 Å². The van der Waals surface area contributed by atoms with Crippen LogP contribution in [0.3, 0.4) is 0 Å². The van der Waals surface area contributed by atoms with Gasteiger partial charge in [0.05, 0.1) is 34.9 Å². The molecule has 0 amide bonds. The van der Waals surface area contributed by atoms with Crippen molar-refractivity contribution >= 4 is 0 Å². The van der Waals surface area contributed by atoms with Crippen molar-refractivity contribution < 1.29 is 0 Å². The molecule has 0 bridgehead atoms. The Bertz CT molecular complexity index is 3180. The molecule has 4 nitrogen and oxygen atoms in total. The van der Waals surface area contributed by atoms with Crippen LogP contribution in [-0.4, -0.2) is 6.54 Å². The summed E-state index contributed by atoms with van der Waals surface area (Å²) < 4.78 is 0. The van der Waals surface area contributed by atoms with Gasteiger partial charge in [0.15, 0.2) is 0 Å². The molecule has 1 N–H and O–H groups in total. The Morgan fingerprint density at radius 1 is 0.317 bits per heavy atom. The van der Waals surface area contributed by atoms with E-state index in [1.807, 2.05) is 103 Å². The van der Waals surface area contributed by atoms with Gasteiger partial charge in [0.25, 0.3) is 0 Å². The van der Waals surface area contributed by atoms with Gasteiger partial charge in [-0.15, -0.1) is 0 Å². The quantitative estimate of drug-likeness (QED) is 0.147. The van der Waals surface area contributed by atoms with Gasteiger partial charge in [-0.1, -0.05) is 121 Å². The molecule has 294 valence electrons. The maximum atomic E-state index is 10.9. The fourth-order valence-electron chi connectivity index (χ4n) is 8.57. The van der Waals surface area contributed by atoms with Crippen LogP contribution in [-0.2, 0) is 0 Å². The Morgan fingerprint density at radius 2 is 0.619 bits per heavy atom. The van der Waals surface area contributed by atoms with Crippen molar-refractivity contribution in [2.75, 3.05) is 6.54 Å². The Labute approximate surface area is 367 Å². The highest BCUT2D eigenvalue weighted by molar-refractivity contribution is 5.88. The molecular formula is C59H38N4. The van der Waals surface area contributed by atoms with Crippen LogP contribution >= 0.6 is 0 Å². The molecule has 1 unspecified atom stereocenters. The van der Waals surface area contributed by atoms with Gasteiger partial charge in [0.1, 0.15) is 0 Å². The molecule has 0 radical (unpaired) electrons. The number of rotatable bonds is 9. The standard InChI is InChI=1S/C59H38N4/c60-35-39-21-45(51-27-47(41-13-5-1-6-14-41)25-48(28-51)42-15-7-2-8-16-42)31-53(23-39)56-34-58(59-38-63-59)57(33-55(56)37-62)54-24-40(36-61)22-46(32-54)52-29-49(43-17-9-3-10-18-43)26-50(30-52)44-19-11-4-12-20-44/h1-34,59,63H,38H2. The Morgan fingerprint density at radius 3 is 0.952 bits per heavy atom. The van der Waals surface area contributed by atoms with E-state index in [1.54, 1.807) is 0 Å². The van der Waals surface area contributed by atoms with Crippen molar-refractivity contribution in [3.63, 3.8) is 0 Å². The first-order valence-electron chi connectivity index (χ1n) is 21.0. The summed E-state index contributed by atoms with van der Waals surface area (Å²) in [6.45, 7) is 0.792. The Kier molecular flexibility index (Phi) is 10.3. The van der Waals surface area contributed by atoms with Crippen molar-refractivity contribution in [2.45, 2.75) is 6.04 Å². The molecule has 63 heavy (non-hydrogen) atoms. The van der Waals surface area contributed by atoms with E-state index in [1.165, 1.54) is 0 Å². The first kappa shape index (κ1) is 38.6. The SMILES string of the molecule is N#Cc1cc(-c2cc(-c3ccccc3)cc(-c3ccccc3)c2)cc(-c2cc(C3CN3)c(-c3cc(C#N)cc(-c4cc(-c5ccccc5)cc(-c5ccccc5)c4)c3)cc2C#N)c1. The molecule has 1 aliphatic rings. The van der Waals surface area contributed by atoms with E-state index >= 15 is 0 Å². The molecule has 1 saturated heterocycles. The van der Waals surface area contributed by atoms with Gasteiger partial charge in [0.2, 0.25) is 0 Å². The molecule has 1 aliphatic heterocycles. The van der Waals surface area contributed by atoms with Crippen LogP contribution < -0.4 is 5.32 Å². The number of hydrogen-bond acceptors (Lipinski definition) is 4. The van der Waals surface area contributed by atoms with Gasteiger partial charge in [0, 0.05) is 12.6 Å². The lowest BCUT2D eigenvalue weighted by Gasteiger charge is -2.17. The van der Waals surface area contributed by atoms with E-state index in [9.17, 15) is 15.8 Å². The van der Waals surface area contributed by atoms with Gasteiger partial charge >= 0.3 is 0 Å². The number of benzene rings is 9. The largest absolute Gasteiger partial charge is 0.307 e. The Balaban J connectivity index is 1.11. The average molecular weight is 803 g/mol. The maximum Gasteiger partial charge on any atom is 0.0998 e. The second-order valence-corrected chi connectivity index (χ2v) is 15.9. The zero-order valence-corrected chi connectivity index (χ0v) is 34.3. The van der Waals surface area contributed by atoms with Crippen LogP contribution in [0.25, 0.3) is 89.0 Å². The van der Waals surface area contributed by atoms with Crippen LogP contribution in [0.4, 0.5) is 0 Å². The van der Waals surface area contributed by atoms with E-state index in [-0.39, 0.29) is 6.04 Å². The van der Waals surface area contributed by atoms with Gasteiger partial charge < -0.3 is 5.32 Å². The van der Waals surface area contributed by atoms with Crippen LogP contribution in [0.15, 0.2) is 206 Å². The van der Waals surface area contributed by atoms with E-state index in [2.05, 4.69) is 127 Å². The summed E-state index contributed by atoms with van der Waals surface area (Å²) in [5.41, 5.74) is 18.3. The highest BCUT2D eigenvalue weighted by atomic mass is 15.1. The summed E-state index contributed by atoms with van der Waals surface area (Å²) in [5.74, 6) is 0. The molecule has 1 fully saturated rings. The minimum atomic E-state index is 0.0707. The number of hydrogen-bond donors (Lipinski definition) is 1. The van der Waals surface area contributed by atoms with Crippen LogP contribution in [0, 0.1) is 34.0 Å². The third-order valence-electron chi connectivity index (χ3n) is 11.8. The summed E-state index contributed by atoms with van der Waals surface area (Å²) in [7, 11) is 0. The summed E-state index contributed by atoms with van der Waals surface area (Å²) in [6, 6.07) is 77.9. The third kappa shape index (κ3) is 8.05. The molecule has 0 spiro atoms. The second kappa shape index (κ2) is 16.8. The molecule has 1 atom stereocenters. The zero-order valence-electron chi connectivity index (χ0n) is 34.3. The van der Waals surface area contributed by atoms with Gasteiger partial charge in [-0.25, -0.2) is 0 Å². The van der Waals surface area contributed by atoms with Crippen LogP contribution in [0.5, 0.6) is 0 Å². The third-order valence-corrected chi connectivity index (χ3v) is 11.8. The lowest BCUT2D eigenvalue weighted by atomic mass is 9.86. The molecule has 10 rings (SSSR count). The predicted octanol–water partition coefficient (Wildman–Crippen LogP) is 14.3. The maximum absolute atomic E-state index is 10.9. The first-order valence-corrected chi connectivity index (χ1v) is 21.0. The molecule has 4 heteroatoms. The van der Waals surface area contributed by atoms with Crippen molar-refractivity contribution in [3.05, 3.63) is 229 Å². The highest BCUT2D eigenvalue weighted by Crippen LogP contribution is 2.42. The van der Waals surface area contributed by atoms with Gasteiger partial charge in [-0.05, 0) is 180 Å². The monoisotopic (exact) mass is 802 g/mol. The zero-order chi connectivity index (χ0) is 42.7. The van der Waals surface area contributed by atoms with Crippen molar-refractivity contribution in [3.8, 4) is 107 Å². The lowest BCUT2D eigenvalue weighted by Crippen LogP contribution is -1.97. The van der Waals surface area contributed by atoms with Crippen molar-refractivity contribution in [1.82, 2.24) is 5.32 Å². The van der Waals surface area contributed by atoms with Crippen molar-refractivity contribution in [1.29, 1.82) is 15.8 Å². The molecule has 0 saturated carbocycles. The molecular weight excluding hydrogens is 765 g/mol. The highest BCUT2D eigenvalue weighted by Gasteiger charge is 2.28. The smallest absolute Gasteiger partial charge is 0.0998 e. The normalized spacial score (nSPS) is 12.7. The Hall–Kier alpha value is -8.59. The minimum Gasteiger partial charge on any atom is -0.307 e. The average Bonchev–Trinajstić information content (AvgIpc) is 4.22. The summed E-state index contributed by atoms with van der Waals surface area (Å²) in [5, 5.41) is 35.2. The summed E-state index contributed by atoms with van der Waals surface area (Å²) >= 11 is 0. The van der Waals surface area contributed by atoms with E-state index < -0.39 is 0 Å². The van der Waals surface area contributed by atoms with E-state index in [4.69, 9.17) is 0 Å². The lowest BCUT2D eigenvalue weighted by molar-refractivity contribution is 1.08. The minimum absolute atomic E-state index is 0.0707. The molecule has 1 heterocycles. The number of nitriles is 3. The first-order chi connectivity index (χ1) is 31.0. The molecule has 9 aromatic carbocycles. The van der Waals surface area contributed by atoms with E-state index in [0.717, 1.165) is 101 Å². The van der Waals surface area contributed by atoms with Crippen LogP contribution in [0.1, 0.15) is 28.3 Å². The second-order valence-electron chi connectivity index (χ2n) is 15.9. The number of nitrogens with zero attached hydrogens (tertiary/aromatic N) is 3. The molecule has 0 aliphatic carbocycles. The summed E-state index contributed by atoms with van der Waals surface area (Å²) in [6.07, 6.45) is 0. The molecule has 9 aromatic rings. The van der Waals surface area contributed by atoms with E-state index in [0.29, 0.717) is 16.7 Å². The van der Waals surface area contributed by atoms with Crippen LogP contribution in [0.2, 0.25) is 0 Å². The fourth-order valence-corrected chi connectivity index (χ4v) is 8.57.